The van der Waals surface area contributed by atoms with Gasteiger partial charge in [-0.15, -0.1) is 4.52 Å². The largest absolute Gasteiger partial charge is 0.566 e. The lowest BCUT2D eigenvalue weighted by Crippen LogP contribution is -3.11. The van der Waals surface area contributed by atoms with E-state index in [1.54, 1.807) is 102 Å². The normalized spacial score (nSPS) is 22.4. The van der Waals surface area contributed by atoms with E-state index in [0.29, 0.717) is 0 Å². The summed E-state index contributed by atoms with van der Waals surface area (Å²) in [4.78, 5) is 97.9. The highest BCUT2D eigenvalue weighted by molar-refractivity contribution is 7.30. The van der Waals surface area contributed by atoms with Crippen molar-refractivity contribution < 1.29 is 90.3 Å². The fourth-order valence-electron chi connectivity index (χ4n) is 8.66. The lowest BCUT2D eigenvalue weighted by molar-refractivity contribution is -0.894. The van der Waals surface area contributed by atoms with Gasteiger partial charge in [0.1, 0.15) is 18.8 Å². The highest BCUT2D eigenvalue weighted by Gasteiger charge is 2.58. The van der Waals surface area contributed by atoms with Gasteiger partial charge in [-0.05, 0) is 105 Å². The summed E-state index contributed by atoms with van der Waals surface area (Å²) in [6, 6.07) is 46.2. The van der Waals surface area contributed by atoms with E-state index in [1.165, 1.54) is 111 Å². The van der Waals surface area contributed by atoms with Crippen molar-refractivity contribution in [2.24, 2.45) is 0 Å². The predicted molar refractivity (Wildman–Crippen MR) is 284 cm³/mol. The molecule has 0 saturated carbocycles. The van der Waals surface area contributed by atoms with E-state index >= 15 is 0 Å². The maximum Gasteiger partial charge on any atom is 0.491 e. The minimum absolute atomic E-state index is 0.0197. The van der Waals surface area contributed by atoms with Gasteiger partial charge in [0.15, 0.2) is 36.8 Å². The van der Waals surface area contributed by atoms with Crippen LogP contribution in [0.2, 0.25) is 0 Å². The number of carbonyl (C=O) groups is 6. The smallest absolute Gasteiger partial charge is 0.491 e. The first kappa shape index (κ1) is 59.7. The van der Waals surface area contributed by atoms with Crippen LogP contribution in [0.15, 0.2) is 182 Å². The molecule has 80 heavy (non-hydrogen) atoms. The van der Waals surface area contributed by atoms with Gasteiger partial charge in [-0.2, -0.15) is 0 Å². The van der Waals surface area contributed by atoms with Crippen LogP contribution in [0.5, 0.6) is 0 Å². The SMILES string of the molecule is CC[NH+](CC)CC.C[C@H]1O[C@@H](O[C@H]2[C@H](OC(=O)c3ccccc3)[C@H](OC(=O)c3ccccc3)[C@@H](O[P+](=O)[O-])O[C@@H]2COC(=O)c2ccccc2)[C@H](OC(=O)c2ccccc2)[C@@H](OC(=O)c2ccccc2)[C@H]1OC(=O)c1ccccc1. The van der Waals surface area contributed by atoms with Crippen LogP contribution in [0.3, 0.4) is 0 Å². The van der Waals surface area contributed by atoms with Crippen molar-refractivity contribution >= 4 is 44.1 Å². The second kappa shape index (κ2) is 29.8. The van der Waals surface area contributed by atoms with Crippen LogP contribution < -0.4 is 9.79 Å². The zero-order valence-corrected chi connectivity index (χ0v) is 45.1. The van der Waals surface area contributed by atoms with Crippen LogP contribution >= 0.6 is 8.25 Å². The Hall–Kier alpha value is -8.00. The van der Waals surface area contributed by atoms with E-state index in [-0.39, 0.29) is 33.4 Å². The molecule has 20 heteroatoms. The van der Waals surface area contributed by atoms with Crippen molar-refractivity contribution in [1.29, 1.82) is 0 Å². The first-order valence-corrected chi connectivity index (χ1v) is 27.0. The standard InChI is InChI=1S/C54H45O18P.C6H15N/c1-33-41(66-48(56)35-22-10-3-11-23-35)43(67-49(57)36-24-12-4-13-25-36)45(69-51(59)38-28-16-6-17-29-38)53(64-33)71-42-40(32-63-47(55)34-20-8-2-9-21-34)65-54(72-73(61)62)46(70-52(60)39-30-18-7-19-31-39)44(42)68-50(58)37-26-14-5-15-27-37;1-4-7(5-2)6-3/h2-31,33,40-46,53-54H,32H2,1H3;4-6H2,1-3H3/p+1/t33-,40-,41+,42-,43+,44+,45-,46+,53+,54-;/m1./s1. The summed E-state index contributed by atoms with van der Waals surface area (Å²) < 4.78 is 73.2. The molecule has 11 atom stereocenters. The van der Waals surface area contributed by atoms with Crippen molar-refractivity contribution in [2.45, 2.75) is 89.1 Å². The first-order chi connectivity index (χ1) is 38.8. The number of hydrogen-bond donors (Lipinski definition) is 1. The van der Waals surface area contributed by atoms with Gasteiger partial charge in [-0.1, -0.05) is 109 Å². The number of carbonyl (C=O) groups excluding carboxylic acids is 6. The molecule has 6 aromatic rings. The molecular weight excluding hydrogens is 1050 g/mol. The maximum absolute atomic E-state index is 14.2. The summed E-state index contributed by atoms with van der Waals surface area (Å²) in [7, 11) is -3.81. The van der Waals surface area contributed by atoms with E-state index in [4.69, 9.17) is 47.2 Å². The minimum atomic E-state index is -3.81. The molecule has 0 amide bonds. The molecule has 6 aromatic carbocycles. The van der Waals surface area contributed by atoms with E-state index in [0.717, 1.165) is 0 Å². The maximum atomic E-state index is 14.2. The van der Waals surface area contributed by atoms with Gasteiger partial charge < -0.3 is 52.4 Å². The Bertz CT molecular complexity index is 2950. The molecule has 0 bridgehead atoms. The third kappa shape index (κ3) is 16.3. The molecule has 2 aliphatic rings. The fourth-order valence-corrected chi connectivity index (χ4v) is 9.00. The second-order valence-electron chi connectivity index (χ2n) is 18.1. The zero-order chi connectivity index (χ0) is 57.0. The molecule has 0 spiro atoms. The minimum Gasteiger partial charge on any atom is -0.566 e. The van der Waals surface area contributed by atoms with Gasteiger partial charge in [0.25, 0.3) is 6.29 Å². The number of nitrogens with one attached hydrogen (secondary N) is 1. The van der Waals surface area contributed by atoms with Crippen molar-refractivity contribution in [3.8, 4) is 0 Å². The van der Waals surface area contributed by atoms with E-state index < -0.39 is 112 Å². The Morgan fingerprint density at radius 3 is 1.05 bits per heavy atom. The summed E-state index contributed by atoms with van der Waals surface area (Å²) >= 11 is 0. The topological polar surface area (TPSA) is 239 Å². The highest BCUT2D eigenvalue weighted by Crippen LogP contribution is 2.38. The average Bonchev–Trinajstić information content (AvgIpc) is 3.58. The zero-order valence-electron chi connectivity index (χ0n) is 44.2. The third-order valence-corrected chi connectivity index (χ3v) is 13.3. The molecule has 8 rings (SSSR count). The predicted octanol–water partition coefficient (Wildman–Crippen LogP) is 6.79. The van der Waals surface area contributed by atoms with Crippen molar-refractivity contribution in [3.63, 3.8) is 0 Å². The van der Waals surface area contributed by atoms with Crippen LogP contribution in [0, 0.1) is 0 Å². The molecule has 1 N–H and O–H groups in total. The molecule has 0 radical (unpaired) electrons. The number of quaternary nitrogens is 1. The van der Waals surface area contributed by atoms with Crippen molar-refractivity contribution in [2.75, 3.05) is 26.2 Å². The van der Waals surface area contributed by atoms with E-state index in [1.807, 2.05) is 0 Å². The Balaban J connectivity index is 0.00000124. The van der Waals surface area contributed by atoms with Gasteiger partial charge >= 0.3 is 44.1 Å². The molecular formula is C60H61NO18P+. The molecule has 0 aromatic heterocycles. The van der Waals surface area contributed by atoms with E-state index in [9.17, 15) is 38.2 Å². The van der Waals surface area contributed by atoms with Gasteiger partial charge in [0.05, 0.1) is 59.1 Å². The summed E-state index contributed by atoms with van der Waals surface area (Å²) in [5.41, 5.74) is 0.251. The summed E-state index contributed by atoms with van der Waals surface area (Å²) in [5.74, 6) is -5.77. The number of ether oxygens (including phenoxy) is 9. The van der Waals surface area contributed by atoms with Crippen molar-refractivity contribution in [1.82, 2.24) is 0 Å². The molecule has 2 heterocycles. The fraction of sp³-hybridized carbons (Fsp3) is 0.300. The summed E-state index contributed by atoms with van der Waals surface area (Å²) in [5, 5.41) is 0. The van der Waals surface area contributed by atoms with Crippen LogP contribution in [-0.4, -0.2) is 123 Å². The molecule has 2 saturated heterocycles. The molecule has 19 nitrogen and oxygen atoms in total. The molecule has 2 fully saturated rings. The lowest BCUT2D eigenvalue weighted by atomic mass is 9.96. The van der Waals surface area contributed by atoms with Gasteiger partial charge in [-0.25, -0.2) is 28.8 Å². The van der Waals surface area contributed by atoms with Gasteiger partial charge in [0.2, 0.25) is 0 Å². The molecule has 1 unspecified atom stereocenters. The van der Waals surface area contributed by atoms with Gasteiger partial charge in [0, 0.05) is 0 Å². The number of hydrogen-bond acceptors (Lipinski definition) is 18. The molecule has 0 aliphatic carbocycles. The highest BCUT2D eigenvalue weighted by atomic mass is 31.1. The summed E-state index contributed by atoms with van der Waals surface area (Å²) in [6.45, 7) is 11.2. The Morgan fingerprint density at radius 2 is 0.725 bits per heavy atom. The Kier molecular flexibility index (Phi) is 22.2. The molecule has 418 valence electrons. The average molecular weight is 1120 g/mol. The number of rotatable bonds is 20. The van der Waals surface area contributed by atoms with Gasteiger partial charge in [-0.3, -0.25) is 0 Å². The van der Waals surface area contributed by atoms with Crippen LogP contribution in [0.1, 0.15) is 89.8 Å². The quantitative estimate of drug-likeness (QED) is 0.0470. The van der Waals surface area contributed by atoms with Crippen LogP contribution in [0.25, 0.3) is 0 Å². The monoisotopic (exact) mass is 1110 g/mol. The molecule has 2 aliphatic heterocycles. The lowest BCUT2D eigenvalue weighted by Gasteiger charge is -2.48. The number of esters is 6. The van der Waals surface area contributed by atoms with Crippen LogP contribution in [0.4, 0.5) is 0 Å². The van der Waals surface area contributed by atoms with Crippen molar-refractivity contribution in [3.05, 3.63) is 215 Å². The number of benzene rings is 6. The van der Waals surface area contributed by atoms with Crippen LogP contribution in [-0.2, 0) is 51.7 Å². The third-order valence-electron chi connectivity index (χ3n) is 13.0. The summed E-state index contributed by atoms with van der Waals surface area (Å²) in [6.07, 6.45) is -18.0. The van der Waals surface area contributed by atoms with E-state index in [2.05, 4.69) is 20.8 Å². The first-order valence-electron chi connectivity index (χ1n) is 25.9. The second-order valence-corrected chi connectivity index (χ2v) is 18.8. The Labute approximate surface area is 463 Å². The Morgan fingerprint density at radius 1 is 0.425 bits per heavy atom.